The lowest BCUT2D eigenvalue weighted by molar-refractivity contribution is -0.120. The summed E-state index contributed by atoms with van der Waals surface area (Å²) in [5.74, 6) is 0.0869. The van der Waals surface area contributed by atoms with Crippen molar-refractivity contribution < 1.29 is 9.59 Å². The van der Waals surface area contributed by atoms with Crippen molar-refractivity contribution in [3.05, 3.63) is 78.9 Å². The number of benzene rings is 3. The molecule has 0 atom stereocenters. The number of nitrogens with one attached hydrogen (secondary N) is 1. The summed E-state index contributed by atoms with van der Waals surface area (Å²) in [5, 5.41) is 2.97. The molecular formula is C22H18N2O2S. The Labute approximate surface area is 162 Å². The normalized spacial score (nSPS) is 13.2. The Kier molecular flexibility index (Phi) is 4.94. The lowest BCUT2D eigenvalue weighted by atomic mass is 10.0. The van der Waals surface area contributed by atoms with Gasteiger partial charge >= 0.3 is 0 Å². The maximum atomic E-state index is 12.7. The fourth-order valence-corrected chi connectivity index (χ4v) is 4.06. The minimum atomic E-state index is -0.214. The van der Waals surface area contributed by atoms with Gasteiger partial charge in [-0.15, -0.1) is 11.8 Å². The second-order valence-corrected chi connectivity index (χ2v) is 7.21. The minimum Gasteiger partial charge on any atom is -0.324 e. The molecule has 4 rings (SSSR count). The van der Waals surface area contributed by atoms with Crippen LogP contribution in [-0.4, -0.2) is 24.1 Å². The third-order valence-electron chi connectivity index (χ3n) is 4.40. The zero-order valence-corrected chi connectivity index (χ0v) is 15.4. The Morgan fingerprint density at radius 3 is 2.48 bits per heavy atom. The molecule has 1 aliphatic rings. The van der Waals surface area contributed by atoms with Crippen molar-refractivity contribution in [3.8, 4) is 11.1 Å². The standard InChI is InChI=1S/C22H18N2O2S/c25-21(14-24-19-12-6-7-13-20(19)27-15-22(24)26)23-18-11-5-4-10-17(18)16-8-2-1-3-9-16/h1-13H,14-15H2,(H,23,25). The number of thioether (sulfide) groups is 1. The maximum Gasteiger partial charge on any atom is 0.244 e. The summed E-state index contributed by atoms with van der Waals surface area (Å²) in [4.78, 5) is 27.7. The molecule has 3 aromatic carbocycles. The molecule has 0 saturated carbocycles. The van der Waals surface area contributed by atoms with Crippen LogP contribution in [0.5, 0.6) is 0 Å². The summed E-state index contributed by atoms with van der Waals surface area (Å²) in [7, 11) is 0. The topological polar surface area (TPSA) is 49.4 Å². The van der Waals surface area contributed by atoms with Crippen molar-refractivity contribution in [3.63, 3.8) is 0 Å². The molecule has 0 unspecified atom stereocenters. The van der Waals surface area contributed by atoms with Crippen LogP contribution in [0.1, 0.15) is 0 Å². The third-order valence-corrected chi connectivity index (χ3v) is 5.44. The van der Waals surface area contributed by atoms with Crippen LogP contribution in [0.15, 0.2) is 83.8 Å². The number of carbonyl (C=O) groups excluding carboxylic acids is 2. The first kappa shape index (κ1) is 17.4. The lowest BCUT2D eigenvalue weighted by Crippen LogP contribution is -2.41. The molecule has 0 aliphatic carbocycles. The molecule has 0 bridgehead atoms. The number of para-hydroxylation sites is 2. The molecule has 1 heterocycles. The van der Waals surface area contributed by atoms with Gasteiger partial charge in [0.25, 0.3) is 0 Å². The highest BCUT2D eigenvalue weighted by atomic mass is 32.2. The first-order valence-corrected chi connectivity index (χ1v) is 9.67. The fourth-order valence-electron chi connectivity index (χ4n) is 3.12. The number of hydrogen-bond donors (Lipinski definition) is 1. The van der Waals surface area contributed by atoms with Crippen LogP contribution in [0.25, 0.3) is 11.1 Å². The van der Waals surface area contributed by atoms with Crippen LogP contribution < -0.4 is 10.2 Å². The Hall–Kier alpha value is -3.05. The van der Waals surface area contributed by atoms with Gasteiger partial charge in [0.15, 0.2) is 0 Å². The summed E-state index contributed by atoms with van der Waals surface area (Å²) in [5.41, 5.74) is 3.52. The van der Waals surface area contributed by atoms with Gasteiger partial charge in [-0.1, -0.05) is 60.7 Å². The number of carbonyl (C=O) groups is 2. The molecule has 134 valence electrons. The van der Waals surface area contributed by atoms with Crippen LogP contribution in [-0.2, 0) is 9.59 Å². The average molecular weight is 374 g/mol. The molecule has 5 heteroatoms. The second-order valence-electron chi connectivity index (χ2n) is 6.20. The second kappa shape index (κ2) is 7.68. The van der Waals surface area contributed by atoms with E-state index in [1.165, 1.54) is 11.8 Å². The van der Waals surface area contributed by atoms with Crippen molar-refractivity contribution in [1.29, 1.82) is 0 Å². The summed E-state index contributed by atoms with van der Waals surface area (Å²) in [6, 6.07) is 25.3. The predicted octanol–water partition coefficient (Wildman–Crippen LogP) is 4.43. The molecule has 0 radical (unpaired) electrons. The number of amides is 2. The Bertz CT molecular complexity index is 988. The van der Waals surface area contributed by atoms with Gasteiger partial charge in [-0.25, -0.2) is 0 Å². The van der Waals surface area contributed by atoms with E-state index >= 15 is 0 Å². The molecule has 0 fully saturated rings. The van der Waals surface area contributed by atoms with Crippen LogP contribution in [0, 0.1) is 0 Å². The van der Waals surface area contributed by atoms with E-state index in [4.69, 9.17) is 0 Å². The predicted molar refractivity (Wildman–Crippen MR) is 110 cm³/mol. The quantitative estimate of drug-likeness (QED) is 0.735. The van der Waals surface area contributed by atoms with Gasteiger partial charge in [-0.05, 0) is 23.8 Å². The van der Waals surface area contributed by atoms with Crippen molar-refractivity contribution in [2.75, 3.05) is 22.5 Å². The Morgan fingerprint density at radius 2 is 1.63 bits per heavy atom. The molecule has 4 nitrogen and oxygen atoms in total. The van der Waals surface area contributed by atoms with Gasteiger partial charge in [0.1, 0.15) is 6.54 Å². The average Bonchev–Trinajstić information content (AvgIpc) is 2.71. The van der Waals surface area contributed by atoms with Crippen molar-refractivity contribution in [2.45, 2.75) is 4.90 Å². The van der Waals surface area contributed by atoms with E-state index in [0.29, 0.717) is 5.75 Å². The third kappa shape index (κ3) is 3.73. The van der Waals surface area contributed by atoms with Gasteiger partial charge in [0.2, 0.25) is 11.8 Å². The lowest BCUT2D eigenvalue weighted by Gasteiger charge is -2.28. The molecule has 1 aliphatic heterocycles. The largest absolute Gasteiger partial charge is 0.324 e. The van der Waals surface area contributed by atoms with E-state index in [1.807, 2.05) is 78.9 Å². The summed E-state index contributed by atoms with van der Waals surface area (Å²) in [6.07, 6.45) is 0. The van der Waals surface area contributed by atoms with Gasteiger partial charge in [-0.2, -0.15) is 0 Å². The summed E-state index contributed by atoms with van der Waals surface area (Å²) < 4.78 is 0. The first-order chi connectivity index (χ1) is 13.2. The molecule has 0 saturated heterocycles. The highest BCUT2D eigenvalue weighted by Gasteiger charge is 2.26. The van der Waals surface area contributed by atoms with E-state index in [2.05, 4.69) is 5.32 Å². The van der Waals surface area contributed by atoms with Gasteiger partial charge in [-0.3, -0.25) is 9.59 Å². The summed E-state index contributed by atoms with van der Waals surface area (Å²) >= 11 is 1.51. The Balaban J connectivity index is 1.55. The molecular weight excluding hydrogens is 356 g/mol. The smallest absolute Gasteiger partial charge is 0.244 e. The molecule has 0 aromatic heterocycles. The first-order valence-electron chi connectivity index (χ1n) is 8.69. The van der Waals surface area contributed by atoms with Crippen molar-refractivity contribution >= 4 is 35.0 Å². The number of rotatable bonds is 4. The SMILES string of the molecule is O=C(CN1C(=O)CSc2ccccc21)Nc1ccccc1-c1ccccc1. The van der Waals surface area contributed by atoms with Crippen LogP contribution in [0.2, 0.25) is 0 Å². The van der Waals surface area contributed by atoms with E-state index in [0.717, 1.165) is 27.4 Å². The van der Waals surface area contributed by atoms with E-state index in [1.54, 1.807) is 4.90 Å². The number of anilines is 2. The highest BCUT2D eigenvalue weighted by Crippen LogP contribution is 2.35. The molecule has 27 heavy (non-hydrogen) atoms. The van der Waals surface area contributed by atoms with Crippen molar-refractivity contribution in [1.82, 2.24) is 0 Å². The zero-order chi connectivity index (χ0) is 18.6. The van der Waals surface area contributed by atoms with E-state index < -0.39 is 0 Å². The van der Waals surface area contributed by atoms with Crippen LogP contribution >= 0.6 is 11.8 Å². The molecule has 1 N–H and O–H groups in total. The highest BCUT2D eigenvalue weighted by molar-refractivity contribution is 8.00. The molecule has 3 aromatic rings. The Morgan fingerprint density at radius 1 is 0.926 bits per heavy atom. The number of fused-ring (bicyclic) bond motifs is 1. The monoisotopic (exact) mass is 374 g/mol. The zero-order valence-electron chi connectivity index (χ0n) is 14.6. The molecule has 0 spiro atoms. The minimum absolute atomic E-state index is 0.000466. The van der Waals surface area contributed by atoms with E-state index in [9.17, 15) is 9.59 Å². The van der Waals surface area contributed by atoms with Gasteiger partial charge in [0.05, 0.1) is 11.4 Å². The van der Waals surface area contributed by atoms with Crippen molar-refractivity contribution in [2.24, 2.45) is 0 Å². The molecule has 2 amide bonds. The van der Waals surface area contributed by atoms with Crippen LogP contribution in [0.4, 0.5) is 11.4 Å². The van der Waals surface area contributed by atoms with Gasteiger partial charge < -0.3 is 10.2 Å². The maximum absolute atomic E-state index is 12.7. The number of nitrogens with zero attached hydrogens (tertiary/aromatic N) is 1. The fraction of sp³-hybridized carbons (Fsp3) is 0.0909. The number of hydrogen-bond acceptors (Lipinski definition) is 3. The van der Waals surface area contributed by atoms with E-state index in [-0.39, 0.29) is 18.4 Å². The van der Waals surface area contributed by atoms with Crippen LogP contribution in [0.3, 0.4) is 0 Å². The van der Waals surface area contributed by atoms with Gasteiger partial charge in [0, 0.05) is 16.1 Å². The summed E-state index contributed by atoms with van der Waals surface area (Å²) in [6.45, 7) is -0.000466.